The zero-order valence-corrected chi connectivity index (χ0v) is 24.4. The van der Waals surface area contributed by atoms with Crippen LogP contribution in [0.4, 0.5) is 0 Å². The third-order valence-electron chi connectivity index (χ3n) is 6.85. The van der Waals surface area contributed by atoms with Gasteiger partial charge in [0.15, 0.2) is 4.80 Å². The zero-order chi connectivity index (χ0) is 28.9. The number of carbonyl (C=O) groups excluding carboxylic acids is 3. The number of esters is 2. The van der Waals surface area contributed by atoms with E-state index in [1.54, 1.807) is 43.7 Å². The van der Waals surface area contributed by atoms with Crippen LogP contribution < -0.4 is 4.80 Å². The number of hydrogen-bond acceptors (Lipinski definition) is 8. The Morgan fingerprint density at radius 2 is 1.62 bits per heavy atom. The van der Waals surface area contributed by atoms with E-state index < -0.39 is 27.9 Å². The van der Waals surface area contributed by atoms with Crippen LogP contribution in [0, 0.1) is 0 Å². The van der Waals surface area contributed by atoms with Crippen LogP contribution in [-0.4, -0.2) is 61.4 Å². The van der Waals surface area contributed by atoms with Gasteiger partial charge in [0.25, 0.3) is 5.91 Å². The van der Waals surface area contributed by atoms with Gasteiger partial charge in [0.1, 0.15) is 6.54 Å². The molecule has 1 aliphatic rings. The maximum Gasteiger partial charge on any atom is 0.338 e. The van der Waals surface area contributed by atoms with Crippen LogP contribution >= 0.6 is 11.3 Å². The van der Waals surface area contributed by atoms with E-state index in [2.05, 4.69) is 4.99 Å². The second-order valence-electron chi connectivity index (χ2n) is 9.43. The van der Waals surface area contributed by atoms with Crippen molar-refractivity contribution in [2.24, 2.45) is 4.99 Å². The lowest BCUT2D eigenvalue weighted by Crippen LogP contribution is -2.38. The predicted molar refractivity (Wildman–Crippen MR) is 151 cm³/mol. The van der Waals surface area contributed by atoms with Crippen molar-refractivity contribution in [2.45, 2.75) is 63.4 Å². The number of hydrogen-bond donors (Lipinski definition) is 0. The smallest absolute Gasteiger partial charge is 0.338 e. The van der Waals surface area contributed by atoms with Crippen molar-refractivity contribution in [3.05, 3.63) is 58.4 Å². The predicted octanol–water partition coefficient (Wildman–Crippen LogP) is 4.14. The largest absolute Gasteiger partial charge is 0.465 e. The number of amides is 1. The topological polar surface area (TPSA) is 124 Å². The van der Waals surface area contributed by atoms with Gasteiger partial charge in [-0.15, -0.1) is 0 Å². The van der Waals surface area contributed by atoms with E-state index in [9.17, 15) is 22.8 Å². The molecule has 0 saturated heterocycles. The fourth-order valence-electron chi connectivity index (χ4n) is 4.72. The molecule has 0 aliphatic heterocycles. The summed E-state index contributed by atoms with van der Waals surface area (Å²) < 4.78 is 40.1. The third-order valence-corrected chi connectivity index (χ3v) is 9.82. The fraction of sp³-hybridized carbons (Fsp3) is 0.429. The van der Waals surface area contributed by atoms with Crippen molar-refractivity contribution in [1.82, 2.24) is 8.87 Å². The summed E-state index contributed by atoms with van der Waals surface area (Å²) in [6, 6.07) is 10.6. The number of thiazole rings is 1. The first kappa shape index (κ1) is 29.6. The molecule has 0 spiro atoms. The van der Waals surface area contributed by atoms with Crippen LogP contribution in [0.3, 0.4) is 0 Å². The van der Waals surface area contributed by atoms with Crippen LogP contribution in [0.15, 0.2) is 52.4 Å². The Morgan fingerprint density at radius 1 is 0.975 bits per heavy atom. The number of fused-ring (bicyclic) bond motifs is 1. The second kappa shape index (κ2) is 12.9. The Bertz CT molecular complexity index is 1570. The maximum absolute atomic E-state index is 13.2. The van der Waals surface area contributed by atoms with Crippen molar-refractivity contribution >= 4 is 49.4 Å². The molecule has 1 fully saturated rings. The highest BCUT2D eigenvalue weighted by Gasteiger charge is 2.29. The summed E-state index contributed by atoms with van der Waals surface area (Å²) in [5.74, 6) is -1.57. The molecule has 0 unspecified atom stereocenters. The summed E-state index contributed by atoms with van der Waals surface area (Å²) in [6.07, 6.45) is 4.83. The highest BCUT2D eigenvalue weighted by molar-refractivity contribution is 7.89. The van der Waals surface area contributed by atoms with Crippen LogP contribution in [0.2, 0.25) is 0 Å². The number of aromatic nitrogens is 1. The van der Waals surface area contributed by atoms with Gasteiger partial charge >= 0.3 is 11.9 Å². The number of sulfonamides is 1. The van der Waals surface area contributed by atoms with Crippen molar-refractivity contribution in [2.75, 3.05) is 20.3 Å². The van der Waals surface area contributed by atoms with E-state index in [4.69, 9.17) is 9.47 Å². The molecule has 12 heteroatoms. The minimum atomic E-state index is -3.70. The Balaban J connectivity index is 1.66. The number of rotatable bonds is 9. The summed E-state index contributed by atoms with van der Waals surface area (Å²) in [7, 11) is -2.09. The van der Waals surface area contributed by atoms with Crippen molar-refractivity contribution in [1.29, 1.82) is 0 Å². The minimum absolute atomic E-state index is 0.0257. The van der Waals surface area contributed by atoms with E-state index in [0.29, 0.717) is 15.8 Å². The molecule has 3 aromatic rings. The van der Waals surface area contributed by atoms with Crippen molar-refractivity contribution in [3.63, 3.8) is 0 Å². The molecule has 214 valence electrons. The number of carbonyl (C=O) groups is 3. The van der Waals surface area contributed by atoms with Crippen LogP contribution in [0.1, 0.15) is 66.7 Å². The van der Waals surface area contributed by atoms with Gasteiger partial charge in [0.2, 0.25) is 10.0 Å². The van der Waals surface area contributed by atoms with E-state index in [1.807, 2.05) is 0 Å². The average Bonchev–Trinajstić information content (AvgIpc) is 3.28. The first-order valence-corrected chi connectivity index (χ1v) is 15.5. The van der Waals surface area contributed by atoms with Crippen molar-refractivity contribution < 1.29 is 32.3 Å². The molecule has 1 aromatic heterocycles. The lowest BCUT2D eigenvalue weighted by molar-refractivity contribution is -0.143. The van der Waals surface area contributed by atoms with Gasteiger partial charge in [0.05, 0.1) is 33.9 Å². The van der Waals surface area contributed by atoms with Gasteiger partial charge in [-0.25, -0.2) is 13.2 Å². The second-order valence-corrected chi connectivity index (χ2v) is 12.4. The Labute approximate surface area is 237 Å². The van der Waals surface area contributed by atoms with E-state index in [1.165, 1.54) is 28.6 Å². The maximum atomic E-state index is 13.2. The molecule has 0 radical (unpaired) electrons. The summed E-state index contributed by atoms with van der Waals surface area (Å²) in [5, 5.41) is 0. The van der Waals surface area contributed by atoms with Gasteiger partial charge in [0, 0.05) is 18.7 Å². The molecular formula is C28H33N3O7S2. The third kappa shape index (κ3) is 6.51. The standard InChI is InChI=1S/C28H33N3O7S2/c1-4-37-25(32)18-31-23-16-13-20(27(34)38-5-2)17-24(23)39-28(31)29-26(33)19-11-14-22(15-12-19)40(35,36)30(3)21-9-7-6-8-10-21/h11-17,21H,4-10,18H2,1-3H3. The molecule has 1 heterocycles. The van der Waals surface area contributed by atoms with Gasteiger partial charge in [-0.3, -0.25) is 9.59 Å². The lowest BCUT2D eigenvalue weighted by atomic mass is 9.96. The Kier molecular flexibility index (Phi) is 9.54. The summed E-state index contributed by atoms with van der Waals surface area (Å²) in [5.41, 5.74) is 1.14. The molecule has 0 bridgehead atoms. The summed E-state index contributed by atoms with van der Waals surface area (Å²) in [4.78, 5) is 42.3. The molecule has 1 aliphatic carbocycles. The van der Waals surface area contributed by atoms with Crippen LogP contribution in [0.25, 0.3) is 10.2 Å². The van der Waals surface area contributed by atoms with Crippen LogP contribution in [0.5, 0.6) is 0 Å². The monoisotopic (exact) mass is 587 g/mol. The number of ether oxygens (including phenoxy) is 2. The Hall–Kier alpha value is -3.35. The minimum Gasteiger partial charge on any atom is -0.465 e. The SMILES string of the molecule is CCOC(=O)Cn1c(=NC(=O)c2ccc(S(=O)(=O)N(C)C3CCCCC3)cc2)sc2cc(C(=O)OCC)ccc21. The first-order valence-electron chi connectivity index (χ1n) is 13.3. The molecule has 1 amide bonds. The van der Waals surface area contributed by atoms with Crippen molar-refractivity contribution in [3.8, 4) is 0 Å². The van der Waals surface area contributed by atoms with E-state index in [-0.39, 0.29) is 41.1 Å². The van der Waals surface area contributed by atoms with E-state index >= 15 is 0 Å². The lowest BCUT2D eigenvalue weighted by Gasteiger charge is -2.30. The molecule has 0 atom stereocenters. The quantitative estimate of drug-likeness (QED) is 0.345. The molecule has 2 aromatic carbocycles. The molecule has 1 saturated carbocycles. The molecule has 40 heavy (non-hydrogen) atoms. The van der Waals surface area contributed by atoms with Gasteiger partial charge in [-0.05, 0) is 69.2 Å². The number of benzene rings is 2. The molecular weight excluding hydrogens is 554 g/mol. The van der Waals surface area contributed by atoms with Gasteiger partial charge in [-0.1, -0.05) is 30.6 Å². The average molecular weight is 588 g/mol. The highest BCUT2D eigenvalue weighted by Crippen LogP contribution is 2.27. The van der Waals surface area contributed by atoms with Gasteiger partial charge < -0.3 is 14.0 Å². The summed E-state index contributed by atoms with van der Waals surface area (Å²) >= 11 is 1.14. The zero-order valence-electron chi connectivity index (χ0n) is 22.8. The normalized spacial score (nSPS) is 14.9. The Morgan fingerprint density at radius 3 is 2.27 bits per heavy atom. The fourth-order valence-corrected chi connectivity index (χ4v) is 7.20. The van der Waals surface area contributed by atoms with Gasteiger partial charge in [-0.2, -0.15) is 9.30 Å². The summed E-state index contributed by atoms with van der Waals surface area (Å²) in [6.45, 7) is 3.67. The first-order chi connectivity index (χ1) is 19.1. The highest BCUT2D eigenvalue weighted by atomic mass is 32.2. The van der Waals surface area contributed by atoms with Crippen LogP contribution in [-0.2, 0) is 30.8 Å². The molecule has 10 nitrogen and oxygen atoms in total. The van der Waals surface area contributed by atoms with E-state index in [0.717, 1.165) is 43.4 Å². The number of nitrogens with zero attached hydrogens (tertiary/aromatic N) is 3. The molecule has 0 N–H and O–H groups in total. The molecule has 4 rings (SSSR count).